The molecule has 0 saturated heterocycles. The summed E-state index contributed by atoms with van der Waals surface area (Å²) in [5.74, 6) is -0.893. The van der Waals surface area contributed by atoms with Gasteiger partial charge in [0.25, 0.3) is 0 Å². The molecule has 0 amide bonds. The topological polar surface area (TPSA) is 61.8 Å². The van der Waals surface area contributed by atoms with E-state index >= 15 is 0 Å². The van der Waals surface area contributed by atoms with Crippen molar-refractivity contribution >= 4 is 5.71 Å². The average molecular weight is 424 g/mol. The Morgan fingerprint density at radius 1 is 1.26 bits per heavy atom. The number of aromatic hydroxyl groups is 1. The highest BCUT2D eigenvalue weighted by Gasteiger charge is 2.29. The fourth-order valence-corrected chi connectivity index (χ4v) is 4.26. The second-order valence-electron chi connectivity index (χ2n) is 8.85. The van der Waals surface area contributed by atoms with Gasteiger partial charge in [0.05, 0.1) is 0 Å². The predicted octanol–water partition coefficient (Wildman–Crippen LogP) is 5.01. The third-order valence-corrected chi connectivity index (χ3v) is 6.21. The van der Waals surface area contributed by atoms with E-state index in [-0.39, 0.29) is 5.75 Å². The van der Waals surface area contributed by atoms with Gasteiger partial charge in [0.1, 0.15) is 0 Å². The van der Waals surface area contributed by atoms with E-state index < -0.39 is 5.82 Å². The van der Waals surface area contributed by atoms with Gasteiger partial charge in [-0.1, -0.05) is 31.7 Å². The number of rotatable bonds is 8. The van der Waals surface area contributed by atoms with Gasteiger partial charge in [-0.25, -0.2) is 4.39 Å². The third-order valence-electron chi connectivity index (χ3n) is 6.21. The van der Waals surface area contributed by atoms with E-state index in [4.69, 9.17) is 10.7 Å². The molecule has 0 unspecified atom stereocenters. The molecule has 4 nitrogen and oxygen atoms in total. The Kier molecular flexibility index (Phi) is 7.29. The first-order valence-electron chi connectivity index (χ1n) is 11.0. The molecule has 0 spiro atoms. The lowest BCUT2D eigenvalue weighted by molar-refractivity contribution is 0.149. The summed E-state index contributed by atoms with van der Waals surface area (Å²) in [6, 6.07) is 9.99. The Labute approximate surface area is 185 Å². The van der Waals surface area contributed by atoms with Crippen molar-refractivity contribution < 1.29 is 9.50 Å². The SMILES string of the molecule is C=C(CN(C)C1CC(N)C1)N=C(C)Cc1ccc(-c2cc(F)c(O)cc2CC)cc1C. The lowest BCUT2D eigenvalue weighted by Crippen LogP contribution is -2.49. The number of aryl methyl sites for hydroxylation is 2. The van der Waals surface area contributed by atoms with Gasteiger partial charge in [-0.3, -0.25) is 9.89 Å². The molecule has 3 N–H and O–H groups in total. The van der Waals surface area contributed by atoms with Gasteiger partial charge in [-0.15, -0.1) is 0 Å². The van der Waals surface area contributed by atoms with Crippen LogP contribution in [0.5, 0.6) is 5.75 Å². The highest BCUT2D eigenvalue weighted by Crippen LogP contribution is 2.31. The minimum atomic E-state index is -0.593. The molecule has 1 aliphatic carbocycles. The molecular formula is C26H34FN3O. The standard InChI is InChI=1S/C26H34FN3O/c1-6-19-11-26(31)25(27)14-24(19)21-8-7-20(16(2)9-21)10-17(3)29-18(4)15-30(5)23-12-22(28)13-23/h7-9,11,14,22-23,31H,4,6,10,12-13,15,28H2,1-3,5H3. The summed E-state index contributed by atoms with van der Waals surface area (Å²) in [5, 5.41) is 9.68. The van der Waals surface area contributed by atoms with Crippen LogP contribution in [0.2, 0.25) is 0 Å². The minimum Gasteiger partial charge on any atom is -0.505 e. The average Bonchev–Trinajstić information content (AvgIpc) is 2.68. The van der Waals surface area contributed by atoms with Crippen LogP contribution in [0.15, 0.2) is 47.6 Å². The van der Waals surface area contributed by atoms with E-state index in [1.54, 1.807) is 0 Å². The molecule has 0 radical (unpaired) electrons. The molecule has 0 atom stereocenters. The van der Waals surface area contributed by atoms with Crippen LogP contribution in [-0.2, 0) is 12.8 Å². The number of hydrogen-bond donors (Lipinski definition) is 2. The van der Waals surface area contributed by atoms with Gasteiger partial charge in [0, 0.05) is 36.5 Å². The van der Waals surface area contributed by atoms with Crippen molar-refractivity contribution in [3.8, 4) is 16.9 Å². The molecule has 31 heavy (non-hydrogen) atoms. The van der Waals surface area contributed by atoms with E-state index in [0.717, 1.165) is 65.9 Å². The van der Waals surface area contributed by atoms with Crippen LogP contribution in [0.1, 0.15) is 43.4 Å². The number of nitrogens with two attached hydrogens (primary N) is 1. The Morgan fingerprint density at radius 2 is 1.97 bits per heavy atom. The number of halogens is 1. The van der Waals surface area contributed by atoms with Crippen molar-refractivity contribution in [2.75, 3.05) is 13.6 Å². The molecule has 0 aromatic heterocycles. The molecule has 166 valence electrons. The van der Waals surface area contributed by atoms with Crippen LogP contribution >= 0.6 is 0 Å². The molecule has 0 bridgehead atoms. The monoisotopic (exact) mass is 423 g/mol. The van der Waals surface area contributed by atoms with Crippen LogP contribution < -0.4 is 5.73 Å². The summed E-state index contributed by atoms with van der Waals surface area (Å²) in [6.45, 7) is 11.0. The molecule has 0 heterocycles. The maximum absolute atomic E-state index is 14.0. The van der Waals surface area contributed by atoms with Gasteiger partial charge in [-0.05, 0) is 80.1 Å². The molecule has 2 aromatic carbocycles. The fraction of sp³-hybridized carbons (Fsp3) is 0.423. The molecule has 1 fully saturated rings. The zero-order valence-corrected chi connectivity index (χ0v) is 19.1. The van der Waals surface area contributed by atoms with Crippen LogP contribution in [0.3, 0.4) is 0 Å². The number of nitrogens with zero attached hydrogens (tertiary/aromatic N) is 2. The number of phenolic OH excluding ortho intramolecular Hbond substituents is 1. The Bertz CT molecular complexity index is 992. The highest BCUT2D eigenvalue weighted by molar-refractivity contribution is 5.85. The molecule has 1 saturated carbocycles. The van der Waals surface area contributed by atoms with Gasteiger partial charge in [0.2, 0.25) is 0 Å². The number of hydrogen-bond acceptors (Lipinski definition) is 4. The Morgan fingerprint density at radius 3 is 2.58 bits per heavy atom. The first kappa shape index (κ1) is 23.2. The largest absolute Gasteiger partial charge is 0.505 e. The summed E-state index contributed by atoms with van der Waals surface area (Å²) in [4.78, 5) is 7.00. The quantitative estimate of drug-likeness (QED) is 0.587. The van der Waals surface area contributed by atoms with Crippen LogP contribution in [0.25, 0.3) is 11.1 Å². The second kappa shape index (κ2) is 9.75. The predicted molar refractivity (Wildman–Crippen MR) is 127 cm³/mol. The van der Waals surface area contributed by atoms with Crippen molar-refractivity contribution in [3.05, 3.63) is 65.1 Å². The van der Waals surface area contributed by atoms with Gasteiger partial charge >= 0.3 is 0 Å². The summed E-state index contributed by atoms with van der Waals surface area (Å²) in [7, 11) is 2.10. The summed E-state index contributed by atoms with van der Waals surface area (Å²) < 4.78 is 14.0. The molecule has 5 heteroatoms. The molecule has 2 aromatic rings. The van der Waals surface area contributed by atoms with E-state index in [0.29, 0.717) is 12.1 Å². The van der Waals surface area contributed by atoms with Crippen molar-refractivity contribution in [1.29, 1.82) is 0 Å². The maximum Gasteiger partial charge on any atom is 0.165 e. The summed E-state index contributed by atoms with van der Waals surface area (Å²) in [5.41, 5.74) is 12.8. The lowest BCUT2D eigenvalue weighted by atomic mass is 9.86. The second-order valence-corrected chi connectivity index (χ2v) is 8.85. The zero-order valence-electron chi connectivity index (χ0n) is 19.1. The van der Waals surface area contributed by atoms with E-state index in [9.17, 15) is 9.50 Å². The van der Waals surface area contributed by atoms with Gasteiger partial charge in [-0.2, -0.15) is 0 Å². The maximum atomic E-state index is 14.0. The van der Waals surface area contributed by atoms with Crippen molar-refractivity contribution in [1.82, 2.24) is 4.90 Å². The summed E-state index contributed by atoms with van der Waals surface area (Å²) >= 11 is 0. The molecular weight excluding hydrogens is 389 g/mol. The van der Waals surface area contributed by atoms with Crippen molar-refractivity contribution in [2.24, 2.45) is 10.7 Å². The highest BCUT2D eigenvalue weighted by atomic mass is 19.1. The first-order valence-corrected chi connectivity index (χ1v) is 11.0. The fourth-order valence-electron chi connectivity index (χ4n) is 4.26. The molecule has 1 aliphatic rings. The number of phenols is 1. The number of benzene rings is 2. The van der Waals surface area contributed by atoms with Crippen LogP contribution in [0, 0.1) is 12.7 Å². The first-order chi connectivity index (χ1) is 14.7. The number of aliphatic imine (C=N–C) groups is 1. The van der Waals surface area contributed by atoms with Gasteiger partial charge in [0.15, 0.2) is 11.6 Å². The van der Waals surface area contributed by atoms with Crippen LogP contribution in [-0.4, -0.2) is 41.4 Å². The lowest BCUT2D eigenvalue weighted by Gasteiger charge is -2.39. The Balaban J connectivity index is 1.69. The van der Waals surface area contributed by atoms with Gasteiger partial charge < -0.3 is 10.8 Å². The third kappa shape index (κ3) is 5.60. The summed E-state index contributed by atoms with van der Waals surface area (Å²) in [6.07, 6.45) is 3.55. The normalized spacial score (nSPS) is 18.9. The van der Waals surface area contributed by atoms with E-state index in [2.05, 4.69) is 37.6 Å². The molecule has 0 aliphatic heterocycles. The smallest absolute Gasteiger partial charge is 0.165 e. The zero-order chi connectivity index (χ0) is 22.7. The minimum absolute atomic E-state index is 0.299. The number of likely N-dealkylation sites (N-methyl/N-ethyl adjacent to an activating group) is 1. The van der Waals surface area contributed by atoms with Crippen molar-refractivity contribution in [3.63, 3.8) is 0 Å². The van der Waals surface area contributed by atoms with E-state index in [1.807, 2.05) is 19.9 Å². The Hall–Kier alpha value is -2.50. The van der Waals surface area contributed by atoms with Crippen molar-refractivity contribution in [2.45, 2.75) is 58.5 Å². The molecule has 3 rings (SSSR count). The van der Waals surface area contributed by atoms with E-state index in [1.165, 1.54) is 17.7 Å². The van der Waals surface area contributed by atoms with Crippen LogP contribution in [0.4, 0.5) is 4.39 Å².